The second-order valence-electron chi connectivity index (χ2n) is 9.74. The number of hydrogen-bond acceptors (Lipinski definition) is 1. The van der Waals surface area contributed by atoms with Crippen molar-refractivity contribution in [3.05, 3.63) is 137 Å². The van der Waals surface area contributed by atoms with Crippen molar-refractivity contribution in [1.82, 2.24) is 0 Å². The van der Waals surface area contributed by atoms with Gasteiger partial charge in [0.25, 0.3) is 0 Å². The predicted molar refractivity (Wildman–Crippen MR) is 168 cm³/mol. The molecule has 0 saturated heterocycles. The van der Waals surface area contributed by atoms with Gasteiger partial charge < -0.3 is 4.90 Å². The van der Waals surface area contributed by atoms with Gasteiger partial charge in [-0.25, -0.2) is 0 Å². The van der Waals surface area contributed by atoms with Crippen molar-refractivity contribution in [2.24, 2.45) is 0 Å². The van der Waals surface area contributed by atoms with Crippen LogP contribution in [0.3, 0.4) is 0 Å². The van der Waals surface area contributed by atoms with Crippen LogP contribution in [-0.2, 0) is 12.8 Å². The van der Waals surface area contributed by atoms with Gasteiger partial charge in [0.15, 0.2) is 0 Å². The molecule has 0 fully saturated rings. The van der Waals surface area contributed by atoms with Crippen LogP contribution in [-0.4, -0.2) is 0 Å². The number of anilines is 3. The molecule has 0 atom stereocenters. The van der Waals surface area contributed by atoms with Crippen LogP contribution in [0.25, 0.3) is 22.3 Å². The molecule has 190 valence electrons. The lowest BCUT2D eigenvalue weighted by Gasteiger charge is -2.29. The highest BCUT2D eigenvalue weighted by Gasteiger charge is 2.19. The molecule has 0 bridgehead atoms. The van der Waals surface area contributed by atoms with Crippen LogP contribution in [0.1, 0.15) is 37.8 Å². The standard InChI is InChI=1S/C36H34BrN/c1-3-10-27-16-21-31(22-17-27)38(32-23-18-28(11-4-2)19-24-32)36-15-9-8-14-34(36)35-26-30(37)20-25-33(35)29-12-6-5-7-13-29/h5-9,12-26H,3-4,10-11H2,1-2H3. The number of para-hydroxylation sites is 1. The molecule has 5 rings (SSSR count). The van der Waals surface area contributed by atoms with Crippen molar-refractivity contribution in [3.8, 4) is 22.3 Å². The molecule has 38 heavy (non-hydrogen) atoms. The molecule has 0 aromatic heterocycles. The second-order valence-corrected chi connectivity index (χ2v) is 10.7. The molecule has 0 aliphatic rings. The normalized spacial score (nSPS) is 10.9. The van der Waals surface area contributed by atoms with Crippen LogP contribution < -0.4 is 4.90 Å². The van der Waals surface area contributed by atoms with E-state index in [-0.39, 0.29) is 0 Å². The molecule has 0 unspecified atom stereocenters. The average Bonchev–Trinajstić information content (AvgIpc) is 2.96. The maximum Gasteiger partial charge on any atom is 0.0540 e. The molecule has 5 aromatic carbocycles. The fourth-order valence-electron chi connectivity index (χ4n) is 5.13. The van der Waals surface area contributed by atoms with Gasteiger partial charge >= 0.3 is 0 Å². The maximum absolute atomic E-state index is 3.75. The third-order valence-corrected chi connectivity index (χ3v) is 7.46. The summed E-state index contributed by atoms with van der Waals surface area (Å²) < 4.78 is 1.07. The number of aryl methyl sites for hydroxylation is 2. The topological polar surface area (TPSA) is 3.24 Å². The van der Waals surface area contributed by atoms with E-state index in [1.165, 1.54) is 33.4 Å². The van der Waals surface area contributed by atoms with Gasteiger partial charge in [0.2, 0.25) is 0 Å². The lowest BCUT2D eigenvalue weighted by atomic mass is 9.93. The zero-order valence-corrected chi connectivity index (χ0v) is 23.8. The van der Waals surface area contributed by atoms with Crippen molar-refractivity contribution in [1.29, 1.82) is 0 Å². The predicted octanol–water partition coefficient (Wildman–Crippen LogP) is 11.2. The van der Waals surface area contributed by atoms with Gasteiger partial charge in [0, 0.05) is 21.4 Å². The molecule has 0 amide bonds. The largest absolute Gasteiger partial charge is 0.310 e. The van der Waals surface area contributed by atoms with Crippen LogP contribution in [0.5, 0.6) is 0 Å². The van der Waals surface area contributed by atoms with Crippen LogP contribution in [0.2, 0.25) is 0 Å². The number of benzene rings is 5. The molecule has 1 nitrogen and oxygen atoms in total. The summed E-state index contributed by atoms with van der Waals surface area (Å²) in [5.41, 5.74) is 11.1. The van der Waals surface area contributed by atoms with E-state index < -0.39 is 0 Å². The third kappa shape index (κ3) is 5.76. The molecule has 0 aliphatic heterocycles. The first-order valence-corrected chi connectivity index (χ1v) is 14.4. The Hall–Kier alpha value is -3.62. The van der Waals surface area contributed by atoms with Gasteiger partial charge in [-0.05, 0) is 83.1 Å². The highest BCUT2D eigenvalue weighted by Crippen LogP contribution is 2.44. The minimum atomic E-state index is 1.07. The minimum Gasteiger partial charge on any atom is -0.310 e. The fraction of sp³-hybridized carbons (Fsp3) is 0.167. The van der Waals surface area contributed by atoms with Gasteiger partial charge in [-0.1, -0.05) is 121 Å². The van der Waals surface area contributed by atoms with Gasteiger partial charge in [0.05, 0.1) is 5.69 Å². The molecular formula is C36H34BrN. The van der Waals surface area contributed by atoms with E-state index in [1.807, 2.05) is 0 Å². The summed E-state index contributed by atoms with van der Waals surface area (Å²) in [6.07, 6.45) is 4.49. The first-order chi connectivity index (χ1) is 18.7. The summed E-state index contributed by atoms with van der Waals surface area (Å²) in [6, 6.07) is 44.2. The van der Waals surface area contributed by atoms with E-state index in [0.717, 1.165) is 47.2 Å². The van der Waals surface area contributed by atoms with Crippen LogP contribution in [0, 0.1) is 0 Å². The molecule has 0 saturated carbocycles. The van der Waals surface area contributed by atoms with Crippen molar-refractivity contribution in [3.63, 3.8) is 0 Å². The Morgan fingerprint density at radius 1 is 0.526 bits per heavy atom. The van der Waals surface area contributed by atoms with E-state index in [2.05, 4.69) is 156 Å². The molecule has 0 spiro atoms. The van der Waals surface area contributed by atoms with E-state index >= 15 is 0 Å². The van der Waals surface area contributed by atoms with E-state index in [0.29, 0.717) is 0 Å². The number of halogens is 1. The zero-order valence-electron chi connectivity index (χ0n) is 22.2. The maximum atomic E-state index is 3.75. The van der Waals surface area contributed by atoms with Crippen LogP contribution in [0.4, 0.5) is 17.1 Å². The Labute approximate surface area is 235 Å². The van der Waals surface area contributed by atoms with Gasteiger partial charge in [-0.2, -0.15) is 0 Å². The Balaban J connectivity index is 1.70. The molecule has 0 aliphatic carbocycles. The van der Waals surface area contributed by atoms with Crippen molar-refractivity contribution < 1.29 is 0 Å². The summed E-state index contributed by atoms with van der Waals surface area (Å²) in [6.45, 7) is 4.47. The van der Waals surface area contributed by atoms with Crippen molar-refractivity contribution >= 4 is 33.0 Å². The molecular weight excluding hydrogens is 526 g/mol. The lowest BCUT2D eigenvalue weighted by Crippen LogP contribution is -2.11. The minimum absolute atomic E-state index is 1.07. The van der Waals surface area contributed by atoms with Crippen molar-refractivity contribution in [2.45, 2.75) is 39.5 Å². The first kappa shape index (κ1) is 26.0. The van der Waals surface area contributed by atoms with E-state index in [9.17, 15) is 0 Å². The van der Waals surface area contributed by atoms with E-state index in [4.69, 9.17) is 0 Å². The highest BCUT2D eigenvalue weighted by molar-refractivity contribution is 9.10. The average molecular weight is 561 g/mol. The first-order valence-electron chi connectivity index (χ1n) is 13.6. The monoisotopic (exact) mass is 559 g/mol. The molecule has 0 radical (unpaired) electrons. The SMILES string of the molecule is CCCc1ccc(N(c2ccc(CCC)cc2)c2ccccc2-c2cc(Br)ccc2-c2ccccc2)cc1. The molecule has 5 aromatic rings. The lowest BCUT2D eigenvalue weighted by molar-refractivity contribution is 0.921. The summed E-state index contributed by atoms with van der Waals surface area (Å²) in [5, 5.41) is 0. The zero-order chi connectivity index (χ0) is 26.3. The Bertz CT molecular complexity index is 1420. The third-order valence-electron chi connectivity index (χ3n) is 6.97. The van der Waals surface area contributed by atoms with Gasteiger partial charge in [-0.3, -0.25) is 0 Å². The second kappa shape index (κ2) is 12.3. The smallest absolute Gasteiger partial charge is 0.0540 e. The molecule has 0 N–H and O–H groups in total. The Morgan fingerprint density at radius 2 is 1.08 bits per heavy atom. The van der Waals surface area contributed by atoms with Gasteiger partial charge in [-0.15, -0.1) is 0 Å². The van der Waals surface area contributed by atoms with E-state index in [1.54, 1.807) is 0 Å². The van der Waals surface area contributed by atoms with Crippen LogP contribution >= 0.6 is 15.9 Å². The quantitative estimate of drug-likeness (QED) is 0.173. The number of rotatable bonds is 9. The Morgan fingerprint density at radius 3 is 1.66 bits per heavy atom. The Kier molecular flexibility index (Phi) is 8.41. The van der Waals surface area contributed by atoms with Crippen molar-refractivity contribution in [2.75, 3.05) is 4.90 Å². The highest BCUT2D eigenvalue weighted by atomic mass is 79.9. The van der Waals surface area contributed by atoms with Gasteiger partial charge in [0.1, 0.15) is 0 Å². The molecule has 2 heteroatoms. The number of nitrogens with zero attached hydrogens (tertiary/aromatic N) is 1. The fourth-order valence-corrected chi connectivity index (χ4v) is 5.49. The molecule has 0 heterocycles. The summed E-state index contributed by atoms with van der Waals surface area (Å²) in [5.74, 6) is 0. The van der Waals surface area contributed by atoms with Crippen LogP contribution in [0.15, 0.2) is 126 Å². The number of hydrogen-bond donors (Lipinski definition) is 0. The summed E-state index contributed by atoms with van der Waals surface area (Å²) >= 11 is 3.75. The summed E-state index contributed by atoms with van der Waals surface area (Å²) in [7, 11) is 0. The summed E-state index contributed by atoms with van der Waals surface area (Å²) in [4.78, 5) is 2.40.